The lowest BCUT2D eigenvalue weighted by molar-refractivity contribution is 0.478. The third-order valence-electron chi connectivity index (χ3n) is 3.60. The Kier molecular flexibility index (Phi) is 3.13. The molecule has 2 aromatic heterocycles. The summed E-state index contributed by atoms with van der Waals surface area (Å²) >= 11 is 0. The third kappa shape index (κ3) is 1.94. The molecular weight excluding hydrogens is 226 g/mol. The highest BCUT2D eigenvalue weighted by Gasteiger charge is 2.20. The zero-order valence-corrected chi connectivity index (χ0v) is 10.8. The Balaban J connectivity index is 1.97. The van der Waals surface area contributed by atoms with E-state index in [1.807, 2.05) is 6.20 Å². The lowest BCUT2D eigenvalue weighted by Crippen LogP contribution is -2.08. The second-order valence-electron chi connectivity index (χ2n) is 4.91. The van der Waals surface area contributed by atoms with Crippen LogP contribution in [-0.2, 0) is 0 Å². The number of fused-ring (bicyclic) bond motifs is 1. The maximum absolute atomic E-state index is 4.52. The van der Waals surface area contributed by atoms with Crippen LogP contribution >= 0.6 is 0 Å². The molecule has 0 radical (unpaired) electrons. The average molecular weight is 245 g/mol. The summed E-state index contributed by atoms with van der Waals surface area (Å²) in [6.07, 6.45) is 9.66. The quantitative estimate of drug-likeness (QED) is 0.900. The number of nitrogens with one attached hydrogen (secondary N) is 1. The van der Waals surface area contributed by atoms with Gasteiger partial charge >= 0.3 is 0 Å². The van der Waals surface area contributed by atoms with E-state index in [0.29, 0.717) is 6.04 Å². The first kappa shape index (κ1) is 11.4. The van der Waals surface area contributed by atoms with Gasteiger partial charge in [-0.25, -0.2) is 14.6 Å². The predicted octanol–water partition coefficient (Wildman–Crippen LogP) is 2.76. The largest absolute Gasteiger partial charge is 0.369 e. The maximum atomic E-state index is 4.52. The molecule has 1 N–H and O–H groups in total. The summed E-state index contributed by atoms with van der Waals surface area (Å²) in [7, 11) is 0. The molecule has 96 valence electrons. The van der Waals surface area contributed by atoms with Crippen LogP contribution in [0.25, 0.3) is 11.0 Å². The first-order chi connectivity index (χ1) is 8.90. The van der Waals surface area contributed by atoms with Gasteiger partial charge in [-0.15, -0.1) is 0 Å². The van der Waals surface area contributed by atoms with Gasteiger partial charge in [-0.3, -0.25) is 0 Å². The van der Waals surface area contributed by atoms with Crippen LogP contribution in [0.15, 0.2) is 12.5 Å². The molecule has 1 aliphatic rings. The van der Waals surface area contributed by atoms with Gasteiger partial charge in [0.05, 0.1) is 17.6 Å². The monoisotopic (exact) mass is 245 g/mol. The molecule has 0 saturated heterocycles. The molecule has 0 amide bonds. The van der Waals surface area contributed by atoms with E-state index in [9.17, 15) is 0 Å². The Morgan fingerprint density at radius 2 is 2.17 bits per heavy atom. The number of nitrogens with zero attached hydrogens (tertiary/aromatic N) is 4. The zero-order valence-electron chi connectivity index (χ0n) is 10.8. The van der Waals surface area contributed by atoms with Crippen molar-refractivity contribution in [2.75, 3.05) is 11.9 Å². The SMILES string of the molecule is CCCNc1ncnc2c1cnn2C1CCCC1. The lowest BCUT2D eigenvalue weighted by Gasteiger charge is -2.10. The van der Waals surface area contributed by atoms with Crippen molar-refractivity contribution >= 4 is 16.9 Å². The summed E-state index contributed by atoms with van der Waals surface area (Å²) in [4.78, 5) is 8.71. The molecular formula is C13H19N5. The summed E-state index contributed by atoms with van der Waals surface area (Å²) in [6, 6.07) is 0.524. The van der Waals surface area contributed by atoms with Crippen LogP contribution in [0.4, 0.5) is 5.82 Å². The molecule has 0 bridgehead atoms. The molecule has 3 rings (SSSR count). The standard InChI is InChI=1S/C13H19N5/c1-2-7-14-12-11-8-17-18(10-5-3-4-6-10)13(11)16-9-15-12/h8-10H,2-7H2,1H3,(H,14,15,16). The Labute approximate surface area is 107 Å². The Morgan fingerprint density at radius 1 is 1.33 bits per heavy atom. The molecule has 0 aliphatic heterocycles. The van der Waals surface area contributed by atoms with Crippen molar-refractivity contribution in [1.82, 2.24) is 19.7 Å². The van der Waals surface area contributed by atoms with Crippen molar-refractivity contribution in [2.45, 2.75) is 45.1 Å². The zero-order chi connectivity index (χ0) is 12.4. The van der Waals surface area contributed by atoms with E-state index in [-0.39, 0.29) is 0 Å². The van der Waals surface area contributed by atoms with Crippen LogP contribution in [-0.4, -0.2) is 26.3 Å². The van der Waals surface area contributed by atoms with Crippen molar-refractivity contribution in [3.63, 3.8) is 0 Å². The van der Waals surface area contributed by atoms with Crippen LogP contribution in [0, 0.1) is 0 Å². The van der Waals surface area contributed by atoms with Crippen LogP contribution in [0.5, 0.6) is 0 Å². The molecule has 5 nitrogen and oxygen atoms in total. The number of rotatable bonds is 4. The highest BCUT2D eigenvalue weighted by atomic mass is 15.3. The van der Waals surface area contributed by atoms with E-state index in [4.69, 9.17) is 0 Å². The number of aromatic nitrogens is 4. The van der Waals surface area contributed by atoms with E-state index in [1.165, 1.54) is 25.7 Å². The molecule has 0 spiro atoms. The van der Waals surface area contributed by atoms with Crippen LogP contribution < -0.4 is 5.32 Å². The van der Waals surface area contributed by atoms with Gasteiger partial charge in [0.15, 0.2) is 5.65 Å². The number of hydrogen-bond acceptors (Lipinski definition) is 4. The van der Waals surface area contributed by atoms with Gasteiger partial charge in [-0.05, 0) is 19.3 Å². The molecule has 1 fully saturated rings. The summed E-state index contributed by atoms with van der Waals surface area (Å²) in [5.74, 6) is 0.908. The van der Waals surface area contributed by atoms with Gasteiger partial charge in [0.25, 0.3) is 0 Å². The topological polar surface area (TPSA) is 55.6 Å². The summed E-state index contributed by atoms with van der Waals surface area (Å²) in [5, 5.41) is 8.90. The van der Waals surface area contributed by atoms with Crippen molar-refractivity contribution < 1.29 is 0 Å². The number of hydrogen-bond donors (Lipinski definition) is 1. The Bertz CT molecular complexity index is 527. The fourth-order valence-corrected chi connectivity index (χ4v) is 2.66. The van der Waals surface area contributed by atoms with Crippen LogP contribution in [0.3, 0.4) is 0 Å². The van der Waals surface area contributed by atoms with E-state index >= 15 is 0 Å². The molecule has 18 heavy (non-hydrogen) atoms. The van der Waals surface area contributed by atoms with Gasteiger partial charge in [0.1, 0.15) is 12.1 Å². The fraction of sp³-hybridized carbons (Fsp3) is 0.615. The van der Waals surface area contributed by atoms with Gasteiger partial charge in [0.2, 0.25) is 0 Å². The minimum Gasteiger partial charge on any atom is -0.369 e. The smallest absolute Gasteiger partial charge is 0.163 e. The predicted molar refractivity (Wildman–Crippen MR) is 71.6 cm³/mol. The fourth-order valence-electron chi connectivity index (χ4n) is 2.66. The summed E-state index contributed by atoms with van der Waals surface area (Å²) < 4.78 is 2.08. The maximum Gasteiger partial charge on any atom is 0.163 e. The second kappa shape index (κ2) is 4.92. The highest BCUT2D eigenvalue weighted by molar-refractivity contribution is 5.86. The molecule has 0 aromatic carbocycles. The molecule has 1 aliphatic carbocycles. The van der Waals surface area contributed by atoms with E-state index in [2.05, 4.69) is 32.0 Å². The average Bonchev–Trinajstić information content (AvgIpc) is 3.04. The van der Waals surface area contributed by atoms with Crippen molar-refractivity contribution in [2.24, 2.45) is 0 Å². The van der Waals surface area contributed by atoms with Crippen LogP contribution in [0.1, 0.15) is 45.1 Å². The van der Waals surface area contributed by atoms with Gasteiger partial charge in [-0.1, -0.05) is 19.8 Å². The van der Waals surface area contributed by atoms with Crippen molar-refractivity contribution in [3.8, 4) is 0 Å². The molecule has 0 atom stereocenters. The van der Waals surface area contributed by atoms with Crippen LogP contribution in [0.2, 0.25) is 0 Å². The number of anilines is 1. The Morgan fingerprint density at radius 3 is 2.94 bits per heavy atom. The normalized spacial score (nSPS) is 16.5. The van der Waals surface area contributed by atoms with Crippen molar-refractivity contribution in [3.05, 3.63) is 12.5 Å². The van der Waals surface area contributed by atoms with Gasteiger partial charge in [-0.2, -0.15) is 5.10 Å². The molecule has 0 unspecified atom stereocenters. The van der Waals surface area contributed by atoms with Gasteiger partial charge in [0, 0.05) is 6.54 Å². The molecule has 2 heterocycles. The lowest BCUT2D eigenvalue weighted by atomic mass is 10.2. The van der Waals surface area contributed by atoms with E-state index < -0.39 is 0 Å². The van der Waals surface area contributed by atoms with E-state index in [0.717, 1.165) is 29.8 Å². The Hall–Kier alpha value is -1.65. The second-order valence-corrected chi connectivity index (χ2v) is 4.91. The highest BCUT2D eigenvalue weighted by Crippen LogP contribution is 2.31. The summed E-state index contributed by atoms with van der Waals surface area (Å²) in [6.45, 7) is 3.08. The minimum absolute atomic E-state index is 0.524. The summed E-state index contributed by atoms with van der Waals surface area (Å²) in [5.41, 5.74) is 0.968. The molecule has 1 saturated carbocycles. The minimum atomic E-state index is 0.524. The molecule has 2 aromatic rings. The van der Waals surface area contributed by atoms with Gasteiger partial charge < -0.3 is 5.32 Å². The first-order valence-corrected chi connectivity index (χ1v) is 6.82. The third-order valence-corrected chi connectivity index (χ3v) is 3.60. The first-order valence-electron chi connectivity index (χ1n) is 6.82. The van der Waals surface area contributed by atoms with E-state index in [1.54, 1.807) is 6.33 Å². The van der Waals surface area contributed by atoms with Crippen molar-refractivity contribution in [1.29, 1.82) is 0 Å². The molecule has 5 heteroatoms.